The van der Waals surface area contributed by atoms with Crippen LogP contribution in [0.25, 0.3) is 22.5 Å². The summed E-state index contributed by atoms with van der Waals surface area (Å²) in [5.41, 5.74) is 4.41. The lowest BCUT2D eigenvalue weighted by Crippen LogP contribution is -2.01. The van der Waals surface area contributed by atoms with Gasteiger partial charge in [0.1, 0.15) is 11.5 Å². The van der Waals surface area contributed by atoms with Crippen LogP contribution in [0.2, 0.25) is 0 Å². The molecule has 3 aromatic rings. The van der Waals surface area contributed by atoms with E-state index in [0.29, 0.717) is 4.47 Å². The lowest BCUT2D eigenvalue weighted by Gasteiger charge is -2.04. The smallest absolute Gasteiger partial charge is 0.137 e. The van der Waals surface area contributed by atoms with Crippen molar-refractivity contribution in [3.05, 3.63) is 58.6 Å². The van der Waals surface area contributed by atoms with E-state index >= 15 is 0 Å². The number of hydrogen-bond donors (Lipinski definition) is 0. The fourth-order valence-electron chi connectivity index (χ4n) is 2.40. The molecule has 118 valence electrons. The minimum atomic E-state index is -0.278. The van der Waals surface area contributed by atoms with E-state index in [1.807, 2.05) is 36.0 Å². The van der Waals surface area contributed by atoms with Crippen molar-refractivity contribution in [1.82, 2.24) is 14.8 Å². The quantitative estimate of drug-likeness (QED) is 0.614. The van der Waals surface area contributed by atoms with E-state index in [1.165, 1.54) is 6.07 Å². The zero-order chi connectivity index (χ0) is 16.6. The molecule has 0 bridgehead atoms. The average Bonchev–Trinajstić information content (AvgIpc) is 2.95. The molecule has 0 unspecified atom stereocenters. The van der Waals surface area contributed by atoms with Gasteiger partial charge in [0.2, 0.25) is 0 Å². The second kappa shape index (κ2) is 6.24. The predicted molar refractivity (Wildman–Crippen MR) is 93.7 cm³/mol. The lowest BCUT2D eigenvalue weighted by atomic mass is 10.0. The molecule has 0 aliphatic rings. The number of halogens is 2. The Labute approximate surface area is 143 Å². The molecule has 0 aliphatic carbocycles. The van der Waals surface area contributed by atoms with Gasteiger partial charge in [0.25, 0.3) is 0 Å². The topological polar surface area (TPSA) is 30.7 Å². The second-order valence-corrected chi connectivity index (χ2v) is 6.61. The maximum atomic E-state index is 13.5. The van der Waals surface area contributed by atoms with E-state index in [1.54, 1.807) is 12.1 Å². The highest BCUT2D eigenvalue weighted by atomic mass is 79.9. The van der Waals surface area contributed by atoms with Crippen molar-refractivity contribution in [2.45, 2.75) is 26.8 Å². The molecular formula is C18H17BrFN3. The number of rotatable bonds is 3. The minimum absolute atomic E-state index is 0.233. The summed E-state index contributed by atoms with van der Waals surface area (Å²) in [6, 6.07) is 11.1. The zero-order valence-corrected chi connectivity index (χ0v) is 14.8. The summed E-state index contributed by atoms with van der Waals surface area (Å²) >= 11 is 3.25. The van der Waals surface area contributed by atoms with E-state index in [-0.39, 0.29) is 11.9 Å². The monoisotopic (exact) mass is 373 g/mol. The third-order valence-corrected chi connectivity index (χ3v) is 4.23. The maximum Gasteiger partial charge on any atom is 0.137 e. The lowest BCUT2D eigenvalue weighted by molar-refractivity contribution is 0.534. The molecule has 23 heavy (non-hydrogen) atoms. The van der Waals surface area contributed by atoms with Crippen LogP contribution in [0.4, 0.5) is 4.39 Å². The molecule has 2 heterocycles. The van der Waals surface area contributed by atoms with E-state index in [2.05, 4.69) is 34.8 Å². The van der Waals surface area contributed by atoms with Gasteiger partial charge >= 0.3 is 0 Å². The Kier molecular flexibility index (Phi) is 4.31. The number of benzene rings is 1. The summed E-state index contributed by atoms with van der Waals surface area (Å²) in [7, 11) is 0. The van der Waals surface area contributed by atoms with Gasteiger partial charge in [0, 0.05) is 23.5 Å². The summed E-state index contributed by atoms with van der Waals surface area (Å²) in [5, 5.41) is 4.69. The number of aromatic nitrogens is 3. The van der Waals surface area contributed by atoms with Crippen LogP contribution in [0.1, 0.15) is 25.6 Å². The van der Waals surface area contributed by atoms with Crippen LogP contribution in [-0.2, 0) is 0 Å². The fraction of sp³-hybridized carbons (Fsp3) is 0.222. The molecule has 0 amide bonds. The highest BCUT2D eigenvalue weighted by Crippen LogP contribution is 2.33. The molecule has 5 heteroatoms. The van der Waals surface area contributed by atoms with Crippen LogP contribution in [-0.4, -0.2) is 14.8 Å². The van der Waals surface area contributed by atoms with Gasteiger partial charge in [0.15, 0.2) is 0 Å². The molecule has 0 N–H and O–H groups in total. The highest BCUT2D eigenvalue weighted by molar-refractivity contribution is 9.10. The molecule has 1 aromatic carbocycles. The fourth-order valence-corrected chi connectivity index (χ4v) is 2.77. The average molecular weight is 374 g/mol. The molecule has 0 fully saturated rings. The van der Waals surface area contributed by atoms with Crippen LogP contribution < -0.4 is 0 Å². The number of aryl methyl sites for hydroxylation is 1. The van der Waals surface area contributed by atoms with Crippen molar-refractivity contribution in [2.75, 3.05) is 0 Å². The largest absolute Gasteiger partial charge is 0.269 e. The molecular weight excluding hydrogens is 357 g/mol. The van der Waals surface area contributed by atoms with Gasteiger partial charge in [-0.05, 0) is 66.5 Å². The molecule has 2 aromatic heterocycles. The van der Waals surface area contributed by atoms with Crippen molar-refractivity contribution >= 4 is 15.9 Å². The van der Waals surface area contributed by atoms with Gasteiger partial charge in [0.05, 0.1) is 10.2 Å². The first kappa shape index (κ1) is 15.9. The zero-order valence-electron chi connectivity index (χ0n) is 13.2. The first-order valence-electron chi connectivity index (χ1n) is 7.44. The van der Waals surface area contributed by atoms with Gasteiger partial charge in [-0.2, -0.15) is 5.10 Å². The van der Waals surface area contributed by atoms with Crippen LogP contribution in [0.3, 0.4) is 0 Å². The second-order valence-electron chi connectivity index (χ2n) is 5.76. The van der Waals surface area contributed by atoms with Crippen molar-refractivity contribution in [2.24, 2.45) is 0 Å². The molecule has 3 nitrogen and oxygen atoms in total. The molecule has 3 rings (SSSR count). The van der Waals surface area contributed by atoms with Crippen LogP contribution in [0.5, 0.6) is 0 Å². The SMILES string of the molecule is Cc1cccc(-c2nn(C(C)C)cc2-c2ccc(F)c(Br)c2)n1. The van der Waals surface area contributed by atoms with Crippen molar-refractivity contribution in [3.8, 4) is 22.5 Å². The van der Waals surface area contributed by atoms with Gasteiger partial charge in [-0.3, -0.25) is 9.67 Å². The van der Waals surface area contributed by atoms with Crippen molar-refractivity contribution in [1.29, 1.82) is 0 Å². The molecule has 0 saturated carbocycles. The Balaban J connectivity index is 2.20. The Bertz CT molecular complexity index is 855. The minimum Gasteiger partial charge on any atom is -0.269 e. The predicted octanol–water partition coefficient (Wildman–Crippen LogP) is 5.40. The van der Waals surface area contributed by atoms with Crippen molar-refractivity contribution < 1.29 is 4.39 Å². The molecule has 0 aliphatic heterocycles. The maximum absolute atomic E-state index is 13.5. The van der Waals surface area contributed by atoms with E-state index in [4.69, 9.17) is 5.10 Å². The highest BCUT2D eigenvalue weighted by Gasteiger charge is 2.16. The molecule has 0 radical (unpaired) electrons. The summed E-state index contributed by atoms with van der Waals surface area (Å²) in [4.78, 5) is 4.58. The Morgan fingerprint density at radius 2 is 1.96 bits per heavy atom. The van der Waals surface area contributed by atoms with E-state index in [0.717, 1.165) is 28.2 Å². The summed E-state index contributed by atoms with van der Waals surface area (Å²) in [5.74, 6) is -0.278. The number of hydrogen-bond acceptors (Lipinski definition) is 2. The number of nitrogens with zero attached hydrogens (tertiary/aromatic N) is 3. The van der Waals surface area contributed by atoms with Gasteiger partial charge in [-0.25, -0.2) is 4.39 Å². The first-order chi connectivity index (χ1) is 11.0. The third kappa shape index (κ3) is 3.20. The van der Waals surface area contributed by atoms with Crippen LogP contribution >= 0.6 is 15.9 Å². The first-order valence-corrected chi connectivity index (χ1v) is 8.23. The summed E-state index contributed by atoms with van der Waals surface area (Å²) in [6.45, 7) is 6.10. The van der Waals surface area contributed by atoms with Crippen LogP contribution in [0.15, 0.2) is 47.1 Å². The van der Waals surface area contributed by atoms with E-state index < -0.39 is 0 Å². The van der Waals surface area contributed by atoms with E-state index in [9.17, 15) is 4.39 Å². The Morgan fingerprint density at radius 3 is 2.61 bits per heavy atom. The standard InChI is InChI=1S/C18H17BrFN3/c1-11(2)23-10-14(13-7-8-16(20)15(19)9-13)18(22-23)17-6-4-5-12(3)21-17/h4-11H,1-3H3. The third-order valence-electron chi connectivity index (χ3n) is 3.62. The number of pyridine rings is 1. The van der Waals surface area contributed by atoms with Gasteiger partial charge in [-0.1, -0.05) is 12.1 Å². The molecule has 0 saturated heterocycles. The normalized spacial score (nSPS) is 11.2. The van der Waals surface area contributed by atoms with Gasteiger partial charge < -0.3 is 0 Å². The summed E-state index contributed by atoms with van der Waals surface area (Å²) in [6.07, 6.45) is 1.99. The van der Waals surface area contributed by atoms with Gasteiger partial charge in [-0.15, -0.1) is 0 Å². The molecule has 0 atom stereocenters. The molecule has 0 spiro atoms. The van der Waals surface area contributed by atoms with Crippen molar-refractivity contribution in [3.63, 3.8) is 0 Å². The Morgan fingerprint density at radius 1 is 1.17 bits per heavy atom. The van der Waals surface area contributed by atoms with Crippen LogP contribution in [0, 0.1) is 12.7 Å². The summed E-state index contributed by atoms with van der Waals surface area (Å²) < 4.78 is 15.9. The Hall–Kier alpha value is -2.01.